The third-order valence-corrected chi connectivity index (χ3v) is 3.72. The number of rotatable bonds is 4. The molecule has 1 aromatic rings. The van der Waals surface area contributed by atoms with E-state index in [4.69, 9.17) is 0 Å². The zero-order valence-corrected chi connectivity index (χ0v) is 12.0. The summed E-state index contributed by atoms with van der Waals surface area (Å²) in [5.74, 6) is -0.396. The Hall–Kier alpha value is -1.88. The molecule has 1 fully saturated rings. The zero-order valence-electron chi connectivity index (χ0n) is 12.0. The van der Waals surface area contributed by atoms with E-state index in [9.17, 15) is 14.7 Å². The Bertz CT molecular complexity index is 542. The van der Waals surface area contributed by atoms with E-state index in [-0.39, 0.29) is 24.5 Å². The van der Waals surface area contributed by atoms with E-state index in [0.29, 0.717) is 6.54 Å². The van der Waals surface area contributed by atoms with Gasteiger partial charge < -0.3 is 15.3 Å². The molecule has 0 radical (unpaired) electrons. The second-order valence-electron chi connectivity index (χ2n) is 5.32. The van der Waals surface area contributed by atoms with Gasteiger partial charge in [-0.1, -0.05) is 23.8 Å². The van der Waals surface area contributed by atoms with E-state index < -0.39 is 6.04 Å². The second kappa shape index (κ2) is 5.63. The molecule has 5 heteroatoms. The topological polar surface area (TPSA) is 69.6 Å². The molecule has 2 rings (SSSR count). The number of likely N-dealkylation sites (tertiary alicyclic amines) is 1. The summed E-state index contributed by atoms with van der Waals surface area (Å²) in [5, 5.41) is 12.0. The molecule has 2 amide bonds. The van der Waals surface area contributed by atoms with Gasteiger partial charge in [0, 0.05) is 13.5 Å². The normalized spacial score (nSPS) is 21.6. The van der Waals surface area contributed by atoms with E-state index in [1.54, 1.807) is 4.90 Å². The number of β-lactam (4-membered cyclic amide) rings is 1. The lowest BCUT2D eigenvalue weighted by Gasteiger charge is -2.46. The first-order chi connectivity index (χ1) is 9.43. The highest BCUT2D eigenvalue weighted by molar-refractivity contribution is 5.93. The summed E-state index contributed by atoms with van der Waals surface area (Å²) in [6.07, 6.45) is 0. The molecule has 1 aliphatic rings. The summed E-state index contributed by atoms with van der Waals surface area (Å²) in [4.78, 5) is 24.7. The summed E-state index contributed by atoms with van der Waals surface area (Å²) >= 11 is 0. The highest BCUT2D eigenvalue weighted by atomic mass is 16.3. The van der Waals surface area contributed by atoms with Crippen molar-refractivity contribution in [3.05, 3.63) is 34.9 Å². The molecule has 2 atom stereocenters. The quantitative estimate of drug-likeness (QED) is 0.787. The van der Waals surface area contributed by atoms with Crippen molar-refractivity contribution in [2.45, 2.75) is 39.4 Å². The number of hydrogen-bond acceptors (Lipinski definition) is 3. The summed E-state index contributed by atoms with van der Waals surface area (Å²) in [6, 6.07) is 5.14. The van der Waals surface area contributed by atoms with Gasteiger partial charge in [0.1, 0.15) is 6.04 Å². The van der Waals surface area contributed by atoms with Crippen LogP contribution >= 0.6 is 0 Å². The molecule has 20 heavy (non-hydrogen) atoms. The van der Waals surface area contributed by atoms with Crippen LogP contribution < -0.4 is 5.32 Å². The van der Waals surface area contributed by atoms with Gasteiger partial charge in [0.05, 0.1) is 12.6 Å². The standard InChI is InChI=1S/C15H20N2O3/c1-9-4-5-12(10(2)6-9)7-17-13(8-18)14(15(17)20)16-11(3)19/h4-6,13-14,18H,7-8H2,1-3H3,(H,16,19). The number of aliphatic hydroxyl groups excluding tert-OH is 1. The molecule has 5 nitrogen and oxygen atoms in total. The molecule has 1 aliphatic heterocycles. The van der Waals surface area contributed by atoms with E-state index in [1.807, 2.05) is 26.0 Å². The maximum Gasteiger partial charge on any atom is 0.248 e. The zero-order chi connectivity index (χ0) is 14.9. The van der Waals surface area contributed by atoms with Crippen molar-refractivity contribution < 1.29 is 14.7 Å². The van der Waals surface area contributed by atoms with Crippen LogP contribution in [0.4, 0.5) is 0 Å². The lowest BCUT2D eigenvalue weighted by molar-refractivity contribution is -0.156. The largest absolute Gasteiger partial charge is 0.394 e. The molecule has 0 bridgehead atoms. The summed E-state index contributed by atoms with van der Waals surface area (Å²) in [7, 11) is 0. The number of hydrogen-bond donors (Lipinski definition) is 2. The van der Waals surface area contributed by atoms with Crippen LogP contribution in [0.3, 0.4) is 0 Å². The first-order valence-electron chi connectivity index (χ1n) is 6.68. The third-order valence-electron chi connectivity index (χ3n) is 3.72. The Morgan fingerprint density at radius 1 is 1.40 bits per heavy atom. The molecule has 0 aromatic heterocycles. The van der Waals surface area contributed by atoms with Gasteiger partial charge in [-0.2, -0.15) is 0 Å². The van der Waals surface area contributed by atoms with Crippen molar-refractivity contribution in [1.29, 1.82) is 0 Å². The monoisotopic (exact) mass is 276 g/mol. The predicted octanol–water partition coefficient (Wildman–Crippen LogP) is 0.511. The van der Waals surface area contributed by atoms with E-state index in [2.05, 4.69) is 11.4 Å². The molecule has 1 heterocycles. The molecular formula is C15H20N2O3. The highest BCUT2D eigenvalue weighted by Gasteiger charge is 2.47. The Morgan fingerprint density at radius 2 is 2.10 bits per heavy atom. The Kier molecular flexibility index (Phi) is 4.09. The van der Waals surface area contributed by atoms with Crippen molar-refractivity contribution in [2.24, 2.45) is 0 Å². The molecule has 108 valence electrons. The molecule has 2 N–H and O–H groups in total. The number of aryl methyl sites for hydroxylation is 2. The number of aliphatic hydroxyl groups is 1. The molecule has 0 aliphatic carbocycles. The minimum atomic E-state index is -0.594. The number of carbonyl (C=O) groups is 2. The van der Waals surface area contributed by atoms with E-state index in [0.717, 1.165) is 11.1 Å². The van der Waals surface area contributed by atoms with Crippen LogP contribution in [0.2, 0.25) is 0 Å². The smallest absolute Gasteiger partial charge is 0.248 e. The van der Waals surface area contributed by atoms with Crippen LogP contribution in [0.5, 0.6) is 0 Å². The van der Waals surface area contributed by atoms with Gasteiger partial charge in [0.25, 0.3) is 0 Å². The maximum absolute atomic E-state index is 12.0. The molecule has 0 spiro atoms. The number of benzene rings is 1. The molecule has 1 saturated heterocycles. The molecule has 0 saturated carbocycles. The van der Waals surface area contributed by atoms with Crippen LogP contribution in [0.25, 0.3) is 0 Å². The lowest BCUT2D eigenvalue weighted by atomic mass is 9.93. The fourth-order valence-corrected chi connectivity index (χ4v) is 2.59. The van der Waals surface area contributed by atoms with Gasteiger partial charge in [-0.05, 0) is 25.0 Å². The fraction of sp³-hybridized carbons (Fsp3) is 0.467. The average molecular weight is 276 g/mol. The van der Waals surface area contributed by atoms with Crippen molar-refractivity contribution in [1.82, 2.24) is 10.2 Å². The first-order valence-corrected chi connectivity index (χ1v) is 6.68. The average Bonchev–Trinajstić information content (AvgIpc) is 2.38. The minimum absolute atomic E-state index is 0.140. The van der Waals surface area contributed by atoms with Gasteiger partial charge >= 0.3 is 0 Å². The van der Waals surface area contributed by atoms with Crippen LogP contribution in [-0.4, -0.2) is 40.5 Å². The second-order valence-corrected chi connectivity index (χ2v) is 5.32. The Balaban J connectivity index is 2.10. The van der Waals surface area contributed by atoms with Gasteiger partial charge in [-0.3, -0.25) is 9.59 Å². The van der Waals surface area contributed by atoms with Gasteiger partial charge in [-0.25, -0.2) is 0 Å². The van der Waals surface area contributed by atoms with E-state index in [1.165, 1.54) is 12.5 Å². The number of amides is 2. The van der Waals surface area contributed by atoms with Crippen molar-refractivity contribution in [2.75, 3.05) is 6.61 Å². The number of nitrogens with zero attached hydrogens (tertiary/aromatic N) is 1. The minimum Gasteiger partial charge on any atom is -0.394 e. The Morgan fingerprint density at radius 3 is 2.65 bits per heavy atom. The summed E-state index contributed by atoms with van der Waals surface area (Å²) < 4.78 is 0. The molecular weight excluding hydrogens is 256 g/mol. The van der Waals surface area contributed by atoms with Crippen molar-refractivity contribution >= 4 is 11.8 Å². The fourth-order valence-electron chi connectivity index (χ4n) is 2.59. The first kappa shape index (κ1) is 14.5. The van der Waals surface area contributed by atoms with E-state index >= 15 is 0 Å². The SMILES string of the molecule is CC(=O)NC1C(=O)N(Cc2ccc(C)cc2C)C1CO. The third kappa shape index (κ3) is 2.67. The van der Waals surface area contributed by atoms with Gasteiger partial charge in [-0.15, -0.1) is 0 Å². The maximum atomic E-state index is 12.0. The summed E-state index contributed by atoms with van der Waals surface area (Å²) in [6.45, 7) is 5.71. The van der Waals surface area contributed by atoms with Gasteiger partial charge in [0.2, 0.25) is 11.8 Å². The highest BCUT2D eigenvalue weighted by Crippen LogP contribution is 2.24. The molecule has 2 unspecified atom stereocenters. The molecule has 1 aromatic carbocycles. The number of nitrogens with one attached hydrogen (secondary N) is 1. The van der Waals surface area contributed by atoms with Crippen LogP contribution in [0.15, 0.2) is 18.2 Å². The summed E-state index contributed by atoms with van der Waals surface area (Å²) in [5.41, 5.74) is 3.36. The van der Waals surface area contributed by atoms with Crippen LogP contribution in [0.1, 0.15) is 23.6 Å². The predicted molar refractivity (Wildman–Crippen MR) is 74.9 cm³/mol. The lowest BCUT2D eigenvalue weighted by Crippen LogP contribution is -2.71. The van der Waals surface area contributed by atoms with Crippen LogP contribution in [-0.2, 0) is 16.1 Å². The van der Waals surface area contributed by atoms with Gasteiger partial charge in [0.15, 0.2) is 0 Å². The Labute approximate surface area is 118 Å². The van der Waals surface area contributed by atoms with Crippen molar-refractivity contribution in [3.8, 4) is 0 Å². The van der Waals surface area contributed by atoms with Crippen molar-refractivity contribution in [3.63, 3.8) is 0 Å². The van der Waals surface area contributed by atoms with Crippen LogP contribution in [0, 0.1) is 13.8 Å². The number of carbonyl (C=O) groups excluding carboxylic acids is 2.